The lowest BCUT2D eigenvalue weighted by Crippen LogP contribution is -2.46. The first kappa shape index (κ1) is 19.4. The molecule has 0 saturated heterocycles. The monoisotopic (exact) mass is 374 g/mol. The maximum Gasteiger partial charge on any atom is 0.315 e. The smallest absolute Gasteiger partial charge is 0.315 e. The van der Waals surface area contributed by atoms with Crippen LogP contribution in [0.2, 0.25) is 0 Å². The zero-order valence-electron chi connectivity index (χ0n) is 15.4. The first-order valence-electron chi connectivity index (χ1n) is 9.59. The van der Waals surface area contributed by atoms with Crippen LogP contribution in [-0.4, -0.2) is 33.3 Å². The van der Waals surface area contributed by atoms with E-state index in [4.69, 9.17) is 0 Å². The third-order valence-corrected chi connectivity index (χ3v) is 5.22. The zero-order valence-corrected chi connectivity index (χ0v) is 15.4. The predicted molar refractivity (Wildman–Crippen MR) is 101 cm³/mol. The standard InChI is InChI=1S/C20H27FN4O2/c21-17-12-15(6-7-19(17)25-10-9-22-14-25)13-23-20(27)24-18(8-11-26)16-4-2-1-3-5-16/h6-7,9-10,12,14,16,18,26H,1-5,8,11,13H2,(H2,23,24,27). The van der Waals surface area contributed by atoms with Gasteiger partial charge in [0.15, 0.2) is 0 Å². The summed E-state index contributed by atoms with van der Waals surface area (Å²) >= 11 is 0. The lowest BCUT2D eigenvalue weighted by Gasteiger charge is -2.30. The minimum atomic E-state index is -0.368. The highest BCUT2D eigenvalue weighted by Crippen LogP contribution is 2.27. The molecule has 1 aromatic heterocycles. The van der Waals surface area contributed by atoms with Crippen molar-refractivity contribution in [1.82, 2.24) is 20.2 Å². The second-order valence-electron chi connectivity index (χ2n) is 7.10. The molecular weight excluding hydrogens is 347 g/mol. The van der Waals surface area contributed by atoms with Crippen molar-refractivity contribution in [1.29, 1.82) is 0 Å². The van der Waals surface area contributed by atoms with Crippen LogP contribution in [0, 0.1) is 11.7 Å². The number of halogens is 1. The van der Waals surface area contributed by atoms with Crippen molar-refractivity contribution in [3.63, 3.8) is 0 Å². The van der Waals surface area contributed by atoms with E-state index in [1.807, 2.05) is 0 Å². The highest BCUT2D eigenvalue weighted by molar-refractivity contribution is 5.74. The summed E-state index contributed by atoms with van der Waals surface area (Å²) in [6.45, 7) is 0.297. The number of nitrogens with zero attached hydrogens (tertiary/aromatic N) is 2. The minimum Gasteiger partial charge on any atom is -0.396 e. The number of carbonyl (C=O) groups is 1. The summed E-state index contributed by atoms with van der Waals surface area (Å²) in [5, 5.41) is 15.1. The van der Waals surface area contributed by atoms with Gasteiger partial charge >= 0.3 is 6.03 Å². The number of urea groups is 1. The molecule has 0 aliphatic heterocycles. The number of benzene rings is 1. The number of aromatic nitrogens is 2. The third kappa shape index (κ3) is 5.29. The van der Waals surface area contributed by atoms with Crippen LogP contribution in [0.4, 0.5) is 9.18 Å². The van der Waals surface area contributed by atoms with E-state index >= 15 is 0 Å². The van der Waals surface area contributed by atoms with Gasteiger partial charge in [0.1, 0.15) is 5.82 Å². The fraction of sp³-hybridized carbons (Fsp3) is 0.500. The van der Waals surface area contributed by atoms with Crippen LogP contribution in [0.5, 0.6) is 0 Å². The number of carbonyl (C=O) groups excluding carboxylic acids is 1. The van der Waals surface area contributed by atoms with E-state index in [0.29, 0.717) is 23.6 Å². The topological polar surface area (TPSA) is 79.2 Å². The molecule has 0 bridgehead atoms. The molecule has 1 aliphatic carbocycles. The summed E-state index contributed by atoms with van der Waals surface area (Å²) in [7, 11) is 0. The van der Waals surface area contributed by atoms with Crippen LogP contribution in [0.1, 0.15) is 44.1 Å². The maximum absolute atomic E-state index is 14.3. The number of rotatable bonds is 7. The second kappa shape index (κ2) is 9.50. The van der Waals surface area contributed by atoms with Crippen LogP contribution in [-0.2, 0) is 6.54 Å². The van der Waals surface area contributed by atoms with Crippen molar-refractivity contribution in [2.45, 2.75) is 51.1 Å². The largest absolute Gasteiger partial charge is 0.396 e. The Morgan fingerprint density at radius 2 is 2.15 bits per heavy atom. The first-order valence-corrected chi connectivity index (χ1v) is 9.59. The Bertz CT molecular complexity index is 730. The van der Waals surface area contributed by atoms with Gasteiger partial charge in [-0.25, -0.2) is 14.2 Å². The lowest BCUT2D eigenvalue weighted by molar-refractivity contribution is 0.196. The Morgan fingerprint density at radius 1 is 1.33 bits per heavy atom. The number of nitrogens with one attached hydrogen (secondary N) is 2. The molecule has 1 fully saturated rings. The van der Waals surface area contributed by atoms with Gasteiger partial charge in [0.2, 0.25) is 0 Å². The van der Waals surface area contributed by atoms with Crippen molar-refractivity contribution >= 4 is 6.03 Å². The molecule has 2 amide bonds. The number of hydrogen-bond acceptors (Lipinski definition) is 3. The average molecular weight is 374 g/mol. The first-order chi connectivity index (χ1) is 13.2. The molecule has 146 valence electrons. The van der Waals surface area contributed by atoms with Gasteiger partial charge in [0.05, 0.1) is 12.0 Å². The number of imidazole rings is 1. The van der Waals surface area contributed by atoms with E-state index in [0.717, 1.165) is 12.8 Å². The van der Waals surface area contributed by atoms with E-state index < -0.39 is 0 Å². The molecule has 1 saturated carbocycles. The molecule has 3 N–H and O–H groups in total. The van der Waals surface area contributed by atoms with Gasteiger partial charge in [-0.05, 0) is 42.9 Å². The highest BCUT2D eigenvalue weighted by Gasteiger charge is 2.24. The van der Waals surface area contributed by atoms with Gasteiger partial charge in [-0.1, -0.05) is 25.3 Å². The number of aliphatic hydroxyl groups is 1. The van der Waals surface area contributed by atoms with Crippen molar-refractivity contribution in [2.24, 2.45) is 5.92 Å². The van der Waals surface area contributed by atoms with Crippen LogP contribution in [0.25, 0.3) is 5.69 Å². The Balaban J connectivity index is 1.54. The van der Waals surface area contributed by atoms with E-state index in [1.165, 1.54) is 31.7 Å². The third-order valence-electron chi connectivity index (χ3n) is 5.22. The summed E-state index contributed by atoms with van der Waals surface area (Å²) in [5.74, 6) is 0.0524. The SMILES string of the molecule is O=C(NCc1ccc(-n2ccnc2)c(F)c1)NC(CCO)C1CCCCC1. The van der Waals surface area contributed by atoms with E-state index in [1.54, 1.807) is 29.1 Å². The van der Waals surface area contributed by atoms with Gasteiger partial charge in [-0.15, -0.1) is 0 Å². The quantitative estimate of drug-likeness (QED) is 0.697. The molecule has 0 spiro atoms. The number of hydrogen-bond donors (Lipinski definition) is 3. The summed E-state index contributed by atoms with van der Waals surface area (Å²) in [6, 6.07) is 4.57. The predicted octanol–water partition coefficient (Wildman–Crippen LogP) is 3.14. The lowest BCUT2D eigenvalue weighted by atomic mass is 9.83. The maximum atomic E-state index is 14.3. The summed E-state index contributed by atoms with van der Waals surface area (Å²) in [5.41, 5.74) is 1.10. The van der Waals surface area contributed by atoms with E-state index in [2.05, 4.69) is 15.6 Å². The van der Waals surface area contributed by atoms with Gasteiger partial charge in [-0.3, -0.25) is 0 Å². The fourth-order valence-corrected chi connectivity index (χ4v) is 3.77. The zero-order chi connectivity index (χ0) is 19.1. The minimum absolute atomic E-state index is 0.0179. The van der Waals surface area contributed by atoms with Gasteiger partial charge in [0.25, 0.3) is 0 Å². The van der Waals surface area contributed by atoms with Crippen molar-refractivity contribution in [3.05, 3.63) is 48.3 Å². The van der Waals surface area contributed by atoms with Crippen LogP contribution in [0.15, 0.2) is 36.9 Å². The van der Waals surface area contributed by atoms with Crippen LogP contribution >= 0.6 is 0 Å². The Morgan fingerprint density at radius 3 is 2.81 bits per heavy atom. The van der Waals surface area contributed by atoms with E-state index in [9.17, 15) is 14.3 Å². The molecule has 7 heteroatoms. The molecule has 2 aromatic rings. The summed E-state index contributed by atoms with van der Waals surface area (Å²) in [4.78, 5) is 16.2. The van der Waals surface area contributed by atoms with Crippen molar-refractivity contribution < 1.29 is 14.3 Å². The molecular formula is C20H27FN4O2. The Labute approximate surface area is 158 Å². The van der Waals surface area contributed by atoms with E-state index in [-0.39, 0.29) is 31.0 Å². The molecule has 1 aromatic carbocycles. The van der Waals surface area contributed by atoms with Crippen LogP contribution in [0.3, 0.4) is 0 Å². The molecule has 1 atom stereocenters. The van der Waals surface area contributed by atoms with Crippen molar-refractivity contribution in [3.8, 4) is 5.69 Å². The van der Waals surface area contributed by atoms with Crippen LogP contribution < -0.4 is 10.6 Å². The molecule has 0 radical (unpaired) electrons. The number of amides is 2. The molecule has 1 unspecified atom stereocenters. The Hall–Kier alpha value is -2.41. The highest BCUT2D eigenvalue weighted by atomic mass is 19.1. The molecule has 1 aliphatic rings. The molecule has 1 heterocycles. The normalized spacial score (nSPS) is 16.1. The van der Waals surface area contributed by atoms with Gasteiger partial charge in [0, 0.05) is 31.6 Å². The fourth-order valence-electron chi connectivity index (χ4n) is 3.77. The summed E-state index contributed by atoms with van der Waals surface area (Å²) < 4.78 is 15.9. The average Bonchev–Trinajstić information content (AvgIpc) is 3.21. The van der Waals surface area contributed by atoms with Gasteiger partial charge < -0.3 is 20.3 Å². The molecule has 27 heavy (non-hydrogen) atoms. The molecule has 3 rings (SSSR count). The molecule has 6 nitrogen and oxygen atoms in total. The summed E-state index contributed by atoms with van der Waals surface area (Å²) in [6.07, 6.45) is 11.1. The van der Waals surface area contributed by atoms with Crippen molar-refractivity contribution in [2.75, 3.05) is 6.61 Å². The number of aliphatic hydroxyl groups excluding tert-OH is 1. The van der Waals surface area contributed by atoms with Gasteiger partial charge in [-0.2, -0.15) is 0 Å². The Kier molecular flexibility index (Phi) is 6.81. The second-order valence-corrected chi connectivity index (χ2v) is 7.10.